The minimum atomic E-state index is -0.200. The summed E-state index contributed by atoms with van der Waals surface area (Å²) in [6, 6.07) is 16.0. The summed E-state index contributed by atoms with van der Waals surface area (Å²) in [4.78, 5) is 26.7. The fraction of sp³-hybridized carbons (Fsp3) is 0.300. The van der Waals surface area contributed by atoms with Crippen molar-refractivity contribution in [2.45, 2.75) is 12.8 Å². The lowest BCUT2D eigenvalue weighted by atomic mass is 9.97. The van der Waals surface area contributed by atoms with Crippen LogP contribution in [0.1, 0.15) is 33.6 Å². The predicted octanol–water partition coefficient (Wildman–Crippen LogP) is 2.78. The van der Waals surface area contributed by atoms with Gasteiger partial charge in [-0.15, -0.1) is 0 Å². The van der Waals surface area contributed by atoms with E-state index in [2.05, 4.69) is 5.32 Å². The Hall–Kier alpha value is -2.66. The fourth-order valence-electron chi connectivity index (χ4n) is 3.02. The average Bonchev–Trinajstić information content (AvgIpc) is 2.68. The van der Waals surface area contributed by atoms with Crippen molar-refractivity contribution in [3.05, 3.63) is 65.7 Å². The highest BCUT2D eigenvalue weighted by molar-refractivity contribution is 6.05. The molecule has 5 heteroatoms. The van der Waals surface area contributed by atoms with Crippen LogP contribution in [0.4, 0.5) is 5.69 Å². The number of aliphatic hydroxyl groups is 1. The van der Waals surface area contributed by atoms with Gasteiger partial charge in [0.1, 0.15) is 0 Å². The first-order chi connectivity index (χ1) is 12.2. The Labute approximate surface area is 147 Å². The van der Waals surface area contributed by atoms with Gasteiger partial charge in [0, 0.05) is 36.5 Å². The third-order valence-electron chi connectivity index (χ3n) is 4.56. The number of rotatable bonds is 4. The van der Waals surface area contributed by atoms with Crippen LogP contribution in [0.15, 0.2) is 54.6 Å². The van der Waals surface area contributed by atoms with E-state index < -0.39 is 0 Å². The van der Waals surface area contributed by atoms with E-state index in [1.807, 2.05) is 23.1 Å². The molecule has 1 fully saturated rings. The molecule has 0 saturated carbocycles. The lowest BCUT2D eigenvalue weighted by Gasteiger charge is -2.31. The minimum Gasteiger partial charge on any atom is -0.396 e. The van der Waals surface area contributed by atoms with Gasteiger partial charge in [0.05, 0.1) is 0 Å². The fourth-order valence-corrected chi connectivity index (χ4v) is 3.02. The number of carbonyl (C=O) groups is 2. The van der Waals surface area contributed by atoms with E-state index >= 15 is 0 Å². The maximum atomic E-state index is 12.7. The molecular weight excluding hydrogens is 316 g/mol. The van der Waals surface area contributed by atoms with Crippen LogP contribution in [0.2, 0.25) is 0 Å². The molecule has 0 radical (unpaired) electrons. The van der Waals surface area contributed by atoms with Crippen LogP contribution in [0.5, 0.6) is 0 Å². The van der Waals surface area contributed by atoms with Gasteiger partial charge < -0.3 is 15.3 Å². The highest BCUT2D eigenvalue weighted by atomic mass is 16.3. The maximum Gasteiger partial charge on any atom is 0.255 e. The molecular formula is C20H22N2O3. The van der Waals surface area contributed by atoms with Gasteiger partial charge in [-0.05, 0) is 49.1 Å². The van der Waals surface area contributed by atoms with Crippen molar-refractivity contribution < 1.29 is 14.7 Å². The second kappa shape index (κ2) is 7.94. The van der Waals surface area contributed by atoms with E-state index in [4.69, 9.17) is 0 Å². The van der Waals surface area contributed by atoms with Crippen LogP contribution in [0, 0.1) is 5.92 Å². The average molecular weight is 338 g/mol. The second-order valence-corrected chi connectivity index (χ2v) is 6.32. The van der Waals surface area contributed by atoms with E-state index in [0.717, 1.165) is 12.8 Å². The molecule has 0 bridgehead atoms. The van der Waals surface area contributed by atoms with Gasteiger partial charge in [-0.25, -0.2) is 0 Å². The first-order valence-corrected chi connectivity index (χ1v) is 8.54. The van der Waals surface area contributed by atoms with Crippen molar-refractivity contribution in [1.82, 2.24) is 4.90 Å². The second-order valence-electron chi connectivity index (χ2n) is 6.32. The summed E-state index contributed by atoms with van der Waals surface area (Å²) >= 11 is 0. The number of nitrogens with zero attached hydrogens (tertiary/aromatic N) is 1. The van der Waals surface area contributed by atoms with Crippen LogP contribution in [-0.2, 0) is 0 Å². The largest absolute Gasteiger partial charge is 0.396 e. The number of nitrogens with one attached hydrogen (secondary N) is 1. The first-order valence-electron chi connectivity index (χ1n) is 8.54. The smallest absolute Gasteiger partial charge is 0.255 e. The quantitative estimate of drug-likeness (QED) is 0.901. The molecule has 5 nitrogen and oxygen atoms in total. The molecule has 130 valence electrons. The van der Waals surface area contributed by atoms with Gasteiger partial charge in [-0.1, -0.05) is 24.3 Å². The maximum absolute atomic E-state index is 12.7. The number of anilines is 1. The highest BCUT2D eigenvalue weighted by Gasteiger charge is 2.23. The molecule has 0 spiro atoms. The molecule has 2 amide bonds. The van der Waals surface area contributed by atoms with Crippen molar-refractivity contribution >= 4 is 17.5 Å². The summed E-state index contributed by atoms with van der Waals surface area (Å²) in [6.45, 7) is 1.50. The van der Waals surface area contributed by atoms with Gasteiger partial charge in [-0.2, -0.15) is 0 Å². The van der Waals surface area contributed by atoms with Crippen molar-refractivity contribution in [2.75, 3.05) is 25.0 Å². The van der Waals surface area contributed by atoms with E-state index in [1.54, 1.807) is 36.4 Å². The van der Waals surface area contributed by atoms with E-state index in [1.165, 1.54) is 0 Å². The first kappa shape index (κ1) is 17.2. The molecule has 0 aromatic heterocycles. The Kier molecular flexibility index (Phi) is 5.46. The highest BCUT2D eigenvalue weighted by Crippen LogP contribution is 2.20. The summed E-state index contributed by atoms with van der Waals surface area (Å²) in [6.07, 6.45) is 1.65. The van der Waals surface area contributed by atoms with Crippen LogP contribution >= 0.6 is 0 Å². The van der Waals surface area contributed by atoms with Gasteiger partial charge in [-0.3, -0.25) is 9.59 Å². The number of amides is 2. The third kappa shape index (κ3) is 4.25. The summed E-state index contributed by atoms with van der Waals surface area (Å²) in [5, 5.41) is 12.0. The summed E-state index contributed by atoms with van der Waals surface area (Å²) in [7, 11) is 0. The summed E-state index contributed by atoms with van der Waals surface area (Å²) in [5.74, 6) is 0.0571. The zero-order valence-electron chi connectivity index (χ0n) is 14.0. The molecule has 0 unspecified atom stereocenters. The standard InChI is InChI=1S/C20H22N2O3/c23-14-15-9-11-22(12-10-15)20(25)17-7-4-8-18(13-17)21-19(24)16-5-2-1-3-6-16/h1-8,13,15,23H,9-12,14H2,(H,21,24). The summed E-state index contributed by atoms with van der Waals surface area (Å²) < 4.78 is 0. The molecule has 1 saturated heterocycles. The van der Waals surface area contributed by atoms with Crippen molar-refractivity contribution in [3.8, 4) is 0 Å². The van der Waals surface area contributed by atoms with Crippen molar-refractivity contribution in [2.24, 2.45) is 5.92 Å². The lowest BCUT2D eigenvalue weighted by Crippen LogP contribution is -2.39. The van der Waals surface area contributed by atoms with E-state index in [0.29, 0.717) is 35.8 Å². The van der Waals surface area contributed by atoms with Crippen molar-refractivity contribution in [3.63, 3.8) is 0 Å². The van der Waals surface area contributed by atoms with Crippen LogP contribution in [0.25, 0.3) is 0 Å². The van der Waals surface area contributed by atoms with Gasteiger partial charge in [0.25, 0.3) is 11.8 Å². The lowest BCUT2D eigenvalue weighted by molar-refractivity contribution is 0.0650. The zero-order chi connectivity index (χ0) is 17.6. The number of piperidine rings is 1. The van der Waals surface area contributed by atoms with E-state index in [9.17, 15) is 14.7 Å². The molecule has 0 aliphatic carbocycles. The van der Waals surface area contributed by atoms with E-state index in [-0.39, 0.29) is 18.4 Å². The topological polar surface area (TPSA) is 69.6 Å². The van der Waals surface area contributed by atoms with Gasteiger partial charge in [0.2, 0.25) is 0 Å². The number of hydrogen-bond donors (Lipinski definition) is 2. The minimum absolute atomic E-state index is 0.0350. The predicted molar refractivity (Wildman–Crippen MR) is 96.6 cm³/mol. The molecule has 2 N–H and O–H groups in total. The van der Waals surface area contributed by atoms with Crippen LogP contribution < -0.4 is 5.32 Å². The Morgan fingerprint density at radius 1 is 1.00 bits per heavy atom. The monoisotopic (exact) mass is 338 g/mol. The molecule has 2 aromatic carbocycles. The Balaban J connectivity index is 1.67. The van der Waals surface area contributed by atoms with Gasteiger partial charge in [0.15, 0.2) is 0 Å². The molecule has 1 heterocycles. The number of benzene rings is 2. The molecule has 1 aliphatic rings. The third-order valence-corrected chi connectivity index (χ3v) is 4.56. The Bertz CT molecular complexity index is 738. The Morgan fingerprint density at radius 2 is 1.68 bits per heavy atom. The van der Waals surface area contributed by atoms with Crippen LogP contribution in [-0.4, -0.2) is 41.5 Å². The summed E-state index contributed by atoms with van der Waals surface area (Å²) in [5.41, 5.74) is 1.74. The van der Waals surface area contributed by atoms with Gasteiger partial charge >= 0.3 is 0 Å². The molecule has 3 rings (SSSR count). The van der Waals surface area contributed by atoms with Crippen molar-refractivity contribution in [1.29, 1.82) is 0 Å². The normalized spacial score (nSPS) is 15.0. The molecule has 25 heavy (non-hydrogen) atoms. The molecule has 2 aromatic rings. The van der Waals surface area contributed by atoms with Crippen LogP contribution in [0.3, 0.4) is 0 Å². The number of hydrogen-bond acceptors (Lipinski definition) is 3. The SMILES string of the molecule is O=C(Nc1cccc(C(=O)N2CCC(CO)CC2)c1)c1ccccc1. The number of likely N-dealkylation sites (tertiary alicyclic amines) is 1. The molecule has 0 atom stereocenters. The zero-order valence-corrected chi connectivity index (χ0v) is 14.0. The molecule has 1 aliphatic heterocycles. The Morgan fingerprint density at radius 3 is 2.36 bits per heavy atom. The number of carbonyl (C=O) groups excluding carboxylic acids is 2. The number of aliphatic hydroxyl groups excluding tert-OH is 1.